The Bertz CT molecular complexity index is 692. The van der Waals surface area contributed by atoms with Crippen molar-refractivity contribution < 1.29 is 9.30 Å². The van der Waals surface area contributed by atoms with Crippen molar-refractivity contribution in [2.75, 3.05) is 0 Å². The zero-order chi connectivity index (χ0) is 17.5. The third kappa shape index (κ3) is 5.43. The number of rotatable bonds is 7. The lowest BCUT2D eigenvalue weighted by atomic mass is 10.0. The molecule has 4 heteroatoms. The molecule has 126 valence electrons. The van der Waals surface area contributed by atoms with Gasteiger partial charge in [0.15, 0.2) is 12.4 Å². The van der Waals surface area contributed by atoms with Gasteiger partial charge in [0.05, 0.1) is 6.10 Å². The van der Waals surface area contributed by atoms with Crippen molar-refractivity contribution >= 4 is 15.9 Å². The molecule has 0 spiro atoms. The van der Waals surface area contributed by atoms with E-state index in [-0.39, 0.29) is 12.2 Å². The summed E-state index contributed by atoms with van der Waals surface area (Å²) in [5.74, 6) is 0.588. The van der Waals surface area contributed by atoms with Gasteiger partial charge in [-0.05, 0) is 43.0 Å². The predicted molar refractivity (Wildman–Crippen MR) is 98.2 cm³/mol. The molecule has 0 saturated heterocycles. The Hall–Kier alpha value is -1.70. The molecule has 1 heterocycles. The van der Waals surface area contributed by atoms with Gasteiger partial charge in [-0.25, -0.2) is 0 Å². The SMILES string of the molecule is CC(C)CC(C)OC(c1ccc(Br)cc1)c1ccc[n+](CC#N)c1. The van der Waals surface area contributed by atoms with E-state index in [1.54, 1.807) is 0 Å². The van der Waals surface area contributed by atoms with Crippen LogP contribution in [0.4, 0.5) is 0 Å². The van der Waals surface area contributed by atoms with Crippen LogP contribution in [0.15, 0.2) is 53.3 Å². The van der Waals surface area contributed by atoms with Gasteiger partial charge in [0.25, 0.3) is 0 Å². The van der Waals surface area contributed by atoms with E-state index in [0.717, 1.165) is 22.0 Å². The van der Waals surface area contributed by atoms with Crippen molar-refractivity contribution in [3.63, 3.8) is 0 Å². The van der Waals surface area contributed by atoms with Gasteiger partial charge in [0.2, 0.25) is 6.54 Å². The molecule has 0 saturated carbocycles. The van der Waals surface area contributed by atoms with Crippen LogP contribution >= 0.6 is 15.9 Å². The highest BCUT2D eigenvalue weighted by Crippen LogP contribution is 2.29. The third-order valence-electron chi connectivity index (χ3n) is 3.78. The fraction of sp³-hybridized carbons (Fsp3) is 0.400. The number of pyridine rings is 1. The summed E-state index contributed by atoms with van der Waals surface area (Å²) in [7, 11) is 0. The maximum atomic E-state index is 8.93. The maximum absolute atomic E-state index is 8.93. The smallest absolute Gasteiger partial charge is 0.233 e. The maximum Gasteiger partial charge on any atom is 0.233 e. The second-order valence-corrected chi connectivity index (χ2v) is 7.39. The largest absolute Gasteiger partial charge is 0.366 e. The first kappa shape index (κ1) is 18.6. The van der Waals surface area contributed by atoms with Crippen molar-refractivity contribution in [2.24, 2.45) is 5.92 Å². The average Bonchev–Trinajstić information content (AvgIpc) is 2.53. The van der Waals surface area contributed by atoms with E-state index < -0.39 is 0 Å². The van der Waals surface area contributed by atoms with Crippen molar-refractivity contribution in [3.8, 4) is 6.07 Å². The highest BCUT2D eigenvalue weighted by molar-refractivity contribution is 9.10. The number of hydrogen-bond acceptors (Lipinski definition) is 2. The molecule has 0 fully saturated rings. The molecule has 2 unspecified atom stereocenters. The predicted octanol–water partition coefficient (Wildman–Crippen LogP) is 4.80. The first-order valence-corrected chi connectivity index (χ1v) is 9.05. The minimum atomic E-state index is -0.141. The molecule has 1 aromatic carbocycles. The van der Waals surface area contributed by atoms with E-state index in [9.17, 15) is 0 Å². The first-order valence-electron chi connectivity index (χ1n) is 8.26. The number of nitrogens with zero attached hydrogens (tertiary/aromatic N) is 2. The molecule has 3 nitrogen and oxygen atoms in total. The molecule has 24 heavy (non-hydrogen) atoms. The fourth-order valence-electron chi connectivity index (χ4n) is 2.82. The second-order valence-electron chi connectivity index (χ2n) is 6.48. The van der Waals surface area contributed by atoms with Crippen molar-refractivity contribution in [1.29, 1.82) is 5.26 Å². The standard InChI is InChI=1S/C20H24BrN2O/c1-15(2)13-16(3)24-20(17-6-8-19(21)9-7-17)18-5-4-11-23(14-18)12-10-22/h4-9,11,14-16,20H,12-13H2,1-3H3/q+1. The second kappa shape index (κ2) is 8.96. The Morgan fingerprint density at radius 2 is 1.83 bits per heavy atom. The van der Waals surface area contributed by atoms with Gasteiger partial charge in [-0.15, -0.1) is 0 Å². The Labute approximate surface area is 153 Å². The Balaban J connectivity index is 2.33. The fourth-order valence-corrected chi connectivity index (χ4v) is 3.08. The zero-order valence-corrected chi connectivity index (χ0v) is 16.0. The van der Waals surface area contributed by atoms with Gasteiger partial charge in [0, 0.05) is 16.1 Å². The number of aromatic nitrogens is 1. The van der Waals surface area contributed by atoms with Crippen LogP contribution in [0.3, 0.4) is 0 Å². The lowest BCUT2D eigenvalue weighted by Gasteiger charge is -2.24. The van der Waals surface area contributed by atoms with E-state index in [4.69, 9.17) is 10.00 Å². The minimum Gasteiger partial charge on any atom is -0.366 e. The molecule has 0 radical (unpaired) electrons. The molecule has 0 aliphatic heterocycles. The summed E-state index contributed by atoms with van der Waals surface area (Å²) < 4.78 is 9.33. The molecule has 0 aliphatic rings. The van der Waals surface area contributed by atoms with E-state index >= 15 is 0 Å². The van der Waals surface area contributed by atoms with Crippen LogP contribution < -0.4 is 4.57 Å². The van der Waals surface area contributed by atoms with Crippen LogP contribution in [0, 0.1) is 17.2 Å². The molecule has 0 N–H and O–H groups in total. The van der Waals surface area contributed by atoms with Gasteiger partial charge < -0.3 is 4.74 Å². The van der Waals surface area contributed by atoms with Gasteiger partial charge in [-0.2, -0.15) is 9.83 Å². The summed E-state index contributed by atoms with van der Waals surface area (Å²) in [6.45, 7) is 6.87. The van der Waals surface area contributed by atoms with E-state index in [1.807, 2.05) is 35.2 Å². The Kier molecular flexibility index (Phi) is 6.96. The number of benzene rings is 1. The number of hydrogen-bond donors (Lipinski definition) is 0. The summed E-state index contributed by atoms with van der Waals surface area (Å²) in [6, 6.07) is 14.4. The molecule has 0 bridgehead atoms. The molecule has 0 aliphatic carbocycles. The van der Waals surface area contributed by atoms with E-state index in [2.05, 4.69) is 61.0 Å². The molecule has 2 rings (SSSR count). The highest BCUT2D eigenvalue weighted by atomic mass is 79.9. The average molecular weight is 388 g/mol. The molecular formula is C20H24BrN2O+. The number of nitriles is 1. The van der Waals surface area contributed by atoms with Crippen LogP contribution in [-0.2, 0) is 11.3 Å². The quantitative estimate of drug-likeness (QED) is 0.639. The molecule has 0 amide bonds. The minimum absolute atomic E-state index is 0.141. The normalized spacial score (nSPS) is 13.5. The van der Waals surface area contributed by atoms with E-state index in [0.29, 0.717) is 12.5 Å². The topological polar surface area (TPSA) is 36.9 Å². The Morgan fingerprint density at radius 3 is 2.46 bits per heavy atom. The summed E-state index contributed by atoms with van der Waals surface area (Å²) in [5, 5.41) is 8.93. The number of halogens is 1. The summed E-state index contributed by atoms with van der Waals surface area (Å²) in [6.07, 6.45) is 4.93. The number of ether oxygens (including phenoxy) is 1. The van der Waals surface area contributed by atoms with Gasteiger partial charge in [-0.1, -0.05) is 41.9 Å². The van der Waals surface area contributed by atoms with Crippen LogP contribution in [-0.4, -0.2) is 6.10 Å². The lowest BCUT2D eigenvalue weighted by molar-refractivity contribution is -0.685. The van der Waals surface area contributed by atoms with Crippen molar-refractivity contribution in [1.82, 2.24) is 0 Å². The first-order chi connectivity index (χ1) is 11.5. The van der Waals surface area contributed by atoms with Gasteiger partial charge in [-0.3, -0.25) is 0 Å². The molecular weight excluding hydrogens is 364 g/mol. The summed E-state index contributed by atoms with van der Waals surface area (Å²) in [5.41, 5.74) is 2.18. The van der Waals surface area contributed by atoms with Gasteiger partial charge >= 0.3 is 0 Å². The monoisotopic (exact) mass is 387 g/mol. The van der Waals surface area contributed by atoms with Gasteiger partial charge in [0.1, 0.15) is 12.2 Å². The third-order valence-corrected chi connectivity index (χ3v) is 4.31. The van der Waals surface area contributed by atoms with Crippen molar-refractivity contribution in [2.45, 2.75) is 45.9 Å². The Morgan fingerprint density at radius 1 is 1.12 bits per heavy atom. The molecule has 2 aromatic rings. The van der Waals surface area contributed by atoms with Crippen LogP contribution in [0.25, 0.3) is 0 Å². The lowest BCUT2D eigenvalue weighted by Crippen LogP contribution is -2.33. The highest BCUT2D eigenvalue weighted by Gasteiger charge is 2.21. The molecule has 2 atom stereocenters. The van der Waals surface area contributed by atoms with Crippen LogP contribution in [0.1, 0.15) is 44.4 Å². The molecule has 1 aromatic heterocycles. The summed E-state index contributed by atoms with van der Waals surface area (Å²) >= 11 is 3.49. The van der Waals surface area contributed by atoms with E-state index in [1.165, 1.54) is 0 Å². The summed E-state index contributed by atoms with van der Waals surface area (Å²) in [4.78, 5) is 0. The van der Waals surface area contributed by atoms with Crippen molar-refractivity contribution in [3.05, 3.63) is 64.4 Å². The zero-order valence-electron chi connectivity index (χ0n) is 14.4. The van der Waals surface area contributed by atoms with Crippen LogP contribution in [0.5, 0.6) is 0 Å². The van der Waals surface area contributed by atoms with Crippen LogP contribution in [0.2, 0.25) is 0 Å².